The number of halogens is 1. The van der Waals surface area contributed by atoms with Crippen LogP contribution in [0.3, 0.4) is 0 Å². The van der Waals surface area contributed by atoms with E-state index in [4.69, 9.17) is 11.6 Å². The lowest BCUT2D eigenvalue weighted by Crippen LogP contribution is -2.36. The number of benzene rings is 1. The molecule has 3 rings (SSSR count). The molecule has 140 valence electrons. The van der Waals surface area contributed by atoms with E-state index >= 15 is 0 Å². The summed E-state index contributed by atoms with van der Waals surface area (Å²) in [7, 11) is -3.61. The fourth-order valence-corrected chi connectivity index (χ4v) is 5.36. The van der Waals surface area contributed by atoms with Crippen LogP contribution in [0.2, 0.25) is 5.02 Å². The Kier molecular flexibility index (Phi) is 5.41. The Bertz CT molecular complexity index is 914. The number of anilines is 1. The first-order valence-electron chi connectivity index (χ1n) is 8.57. The number of hydrogen-bond donors (Lipinski definition) is 2. The number of nitrogens with one attached hydrogen (secondary N) is 2. The fourth-order valence-electron chi connectivity index (χ4n) is 3.31. The molecule has 8 heteroatoms. The minimum atomic E-state index is -3.61. The molecule has 1 aromatic carbocycles. The Morgan fingerprint density at radius 2 is 1.73 bits per heavy atom. The summed E-state index contributed by atoms with van der Waals surface area (Å²) in [5, 5.41) is 3.33. The van der Waals surface area contributed by atoms with Gasteiger partial charge in [0.1, 0.15) is 10.6 Å². The van der Waals surface area contributed by atoms with Gasteiger partial charge in [0.2, 0.25) is 10.0 Å². The molecule has 1 saturated heterocycles. The Labute approximate surface area is 158 Å². The number of hydrogen-bond acceptors (Lipinski definition) is 3. The second-order valence-electron chi connectivity index (χ2n) is 6.50. The van der Waals surface area contributed by atoms with Gasteiger partial charge in [-0.15, -0.1) is 0 Å². The first-order chi connectivity index (χ1) is 12.3. The third-order valence-electron chi connectivity index (χ3n) is 4.61. The van der Waals surface area contributed by atoms with Crippen molar-refractivity contribution in [2.45, 2.75) is 38.0 Å². The molecule has 2 aromatic rings. The molecule has 0 aliphatic carbocycles. The molecule has 1 amide bonds. The Balaban J connectivity index is 1.89. The maximum absolute atomic E-state index is 13.0. The van der Waals surface area contributed by atoms with Crippen LogP contribution in [0, 0.1) is 13.8 Å². The normalized spacial score (nSPS) is 15.8. The summed E-state index contributed by atoms with van der Waals surface area (Å²) in [4.78, 5) is 15.8. The van der Waals surface area contributed by atoms with Gasteiger partial charge in [0.05, 0.1) is 0 Å². The number of rotatable bonds is 4. The number of aromatic nitrogens is 1. The maximum Gasteiger partial charge on any atom is 0.272 e. The number of nitrogens with zero attached hydrogens (tertiary/aromatic N) is 1. The van der Waals surface area contributed by atoms with E-state index in [1.165, 1.54) is 4.31 Å². The fraction of sp³-hybridized carbons (Fsp3) is 0.389. The predicted molar refractivity (Wildman–Crippen MR) is 102 cm³/mol. The van der Waals surface area contributed by atoms with Gasteiger partial charge < -0.3 is 10.3 Å². The van der Waals surface area contributed by atoms with E-state index < -0.39 is 10.0 Å². The summed E-state index contributed by atoms with van der Waals surface area (Å²) in [6.07, 6.45) is 2.78. The van der Waals surface area contributed by atoms with Crippen LogP contribution in [0.15, 0.2) is 29.2 Å². The number of aryl methyl sites for hydroxylation is 1. The van der Waals surface area contributed by atoms with Crippen molar-refractivity contribution in [2.24, 2.45) is 0 Å². The lowest BCUT2D eigenvalue weighted by atomic mass is 10.2. The van der Waals surface area contributed by atoms with E-state index in [-0.39, 0.29) is 16.5 Å². The largest absolute Gasteiger partial charge is 0.353 e. The average Bonchev–Trinajstić information content (AvgIpc) is 2.93. The summed E-state index contributed by atoms with van der Waals surface area (Å²) in [6.45, 7) is 4.40. The van der Waals surface area contributed by atoms with E-state index in [2.05, 4.69) is 10.3 Å². The van der Waals surface area contributed by atoms with Gasteiger partial charge in [-0.1, -0.05) is 18.0 Å². The standard InChI is InChI=1S/C18H22ClN3O3S/c1-12-16(18(23)21-15-8-6-14(19)7-9-15)20-13(2)17(12)26(24,25)22-10-4-3-5-11-22/h6-9,20H,3-5,10-11H2,1-2H3,(H,21,23). The Morgan fingerprint density at radius 1 is 1.12 bits per heavy atom. The minimum Gasteiger partial charge on any atom is -0.353 e. The summed E-state index contributed by atoms with van der Waals surface area (Å²) >= 11 is 5.85. The average molecular weight is 396 g/mol. The second-order valence-corrected chi connectivity index (χ2v) is 8.82. The highest BCUT2D eigenvalue weighted by atomic mass is 35.5. The number of carbonyl (C=O) groups is 1. The predicted octanol–water partition coefficient (Wildman–Crippen LogP) is 3.71. The lowest BCUT2D eigenvalue weighted by Gasteiger charge is -2.26. The molecule has 0 bridgehead atoms. The summed E-state index contributed by atoms with van der Waals surface area (Å²) < 4.78 is 27.6. The van der Waals surface area contributed by atoms with Crippen molar-refractivity contribution in [3.05, 3.63) is 46.2 Å². The highest BCUT2D eigenvalue weighted by Gasteiger charge is 2.32. The van der Waals surface area contributed by atoms with E-state index in [9.17, 15) is 13.2 Å². The van der Waals surface area contributed by atoms with Crippen LogP contribution >= 0.6 is 11.6 Å². The van der Waals surface area contributed by atoms with Crippen LogP contribution in [0.1, 0.15) is 41.0 Å². The minimum absolute atomic E-state index is 0.209. The summed E-state index contributed by atoms with van der Waals surface area (Å²) in [5.41, 5.74) is 1.77. The Morgan fingerprint density at radius 3 is 2.35 bits per heavy atom. The van der Waals surface area contributed by atoms with Crippen molar-refractivity contribution in [2.75, 3.05) is 18.4 Å². The third-order valence-corrected chi connectivity index (χ3v) is 7.04. The SMILES string of the molecule is Cc1[nH]c(C(=O)Nc2ccc(Cl)cc2)c(C)c1S(=O)(=O)N1CCCCC1. The molecule has 1 aromatic heterocycles. The summed E-state index contributed by atoms with van der Waals surface area (Å²) in [6, 6.07) is 6.74. The highest BCUT2D eigenvalue weighted by molar-refractivity contribution is 7.89. The van der Waals surface area contributed by atoms with Gasteiger partial charge in [-0.25, -0.2) is 8.42 Å². The molecule has 0 spiro atoms. The molecule has 0 saturated carbocycles. The van der Waals surface area contributed by atoms with Crippen LogP contribution in [-0.2, 0) is 10.0 Å². The van der Waals surface area contributed by atoms with Gasteiger partial charge in [0.15, 0.2) is 0 Å². The Hall–Kier alpha value is -1.83. The van der Waals surface area contributed by atoms with E-state index in [0.29, 0.717) is 35.1 Å². The quantitative estimate of drug-likeness (QED) is 0.827. The number of H-pyrrole nitrogens is 1. The lowest BCUT2D eigenvalue weighted by molar-refractivity contribution is 0.102. The van der Waals surface area contributed by atoms with Gasteiger partial charge >= 0.3 is 0 Å². The van der Waals surface area contributed by atoms with Crippen LogP contribution in [0.4, 0.5) is 5.69 Å². The van der Waals surface area contributed by atoms with Crippen molar-refractivity contribution in [1.82, 2.24) is 9.29 Å². The third kappa shape index (κ3) is 3.65. The van der Waals surface area contributed by atoms with E-state index in [0.717, 1.165) is 19.3 Å². The number of carbonyl (C=O) groups excluding carboxylic acids is 1. The zero-order valence-electron chi connectivity index (χ0n) is 14.8. The van der Waals surface area contributed by atoms with Crippen molar-refractivity contribution < 1.29 is 13.2 Å². The first kappa shape index (κ1) is 18.9. The van der Waals surface area contributed by atoms with Gasteiger partial charge in [-0.05, 0) is 56.5 Å². The molecule has 1 aliphatic heterocycles. The molecular weight excluding hydrogens is 374 g/mol. The maximum atomic E-state index is 13.0. The smallest absolute Gasteiger partial charge is 0.272 e. The topological polar surface area (TPSA) is 82.3 Å². The molecule has 0 unspecified atom stereocenters. The molecule has 2 heterocycles. The highest BCUT2D eigenvalue weighted by Crippen LogP contribution is 2.28. The number of piperidine rings is 1. The molecule has 0 radical (unpaired) electrons. The summed E-state index contributed by atoms with van der Waals surface area (Å²) in [5.74, 6) is -0.381. The number of amides is 1. The zero-order valence-corrected chi connectivity index (χ0v) is 16.4. The molecule has 2 N–H and O–H groups in total. The molecular formula is C18H22ClN3O3S. The van der Waals surface area contributed by atoms with E-state index in [1.807, 2.05) is 0 Å². The van der Waals surface area contributed by atoms with Crippen LogP contribution in [0.5, 0.6) is 0 Å². The van der Waals surface area contributed by atoms with Crippen molar-refractivity contribution >= 4 is 33.2 Å². The molecule has 0 atom stereocenters. The van der Waals surface area contributed by atoms with Crippen LogP contribution < -0.4 is 5.32 Å². The van der Waals surface area contributed by atoms with Crippen molar-refractivity contribution in [3.8, 4) is 0 Å². The van der Waals surface area contributed by atoms with Crippen molar-refractivity contribution in [1.29, 1.82) is 0 Å². The van der Waals surface area contributed by atoms with Crippen molar-refractivity contribution in [3.63, 3.8) is 0 Å². The van der Waals surface area contributed by atoms with Crippen LogP contribution in [0.25, 0.3) is 0 Å². The number of sulfonamides is 1. The zero-order chi connectivity index (χ0) is 18.9. The first-order valence-corrected chi connectivity index (χ1v) is 10.4. The molecule has 1 fully saturated rings. The van der Waals surface area contributed by atoms with Crippen LogP contribution in [-0.4, -0.2) is 36.7 Å². The number of aromatic amines is 1. The monoisotopic (exact) mass is 395 g/mol. The van der Waals surface area contributed by atoms with Gasteiger partial charge in [-0.3, -0.25) is 4.79 Å². The van der Waals surface area contributed by atoms with Gasteiger partial charge in [0, 0.05) is 29.5 Å². The van der Waals surface area contributed by atoms with E-state index in [1.54, 1.807) is 38.1 Å². The van der Waals surface area contributed by atoms with Gasteiger partial charge in [0.25, 0.3) is 5.91 Å². The molecule has 26 heavy (non-hydrogen) atoms. The molecule has 6 nitrogen and oxygen atoms in total. The second kappa shape index (κ2) is 7.42. The van der Waals surface area contributed by atoms with Gasteiger partial charge in [-0.2, -0.15) is 4.31 Å². The molecule has 1 aliphatic rings.